The van der Waals surface area contributed by atoms with Gasteiger partial charge in [0.2, 0.25) is 0 Å². The molecule has 1 aromatic heterocycles. The van der Waals surface area contributed by atoms with Crippen LogP contribution < -0.4 is 11.1 Å². The fourth-order valence-corrected chi connectivity index (χ4v) is 2.44. The Hall–Kier alpha value is -1.36. The Bertz CT molecular complexity index is 522. The number of benzene rings is 1. The molecule has 0 amide bonds. The number of nitrogens with two attached hydrogens (primary N) is 1. The van der Waals surface area contributed by atoms with Crippen molar-refractivity contribution in [2.45, 2.75) is 25.8 Å². The highest BCUT2D eigenvalue weighted by Gasteiger charge is 2.18. The van der Waals surface area contributed by atoms with Gasteiger partial charge in [0.1, 0.15) is 11.3 Å². The van der Waals surface area contributed by atoms with Gasteiger partial charge in [0.15, 0.2) is 0 Å². The monoisotopic (exact) mass is 262 g/mol. The molecule has 0 radical (unpaired) electrons. The number of aliphatic hydroxyl groups is 1. The van der Waals surface area contributed by atoms with E-state index in [0.717, 1.165) is 41.7 Å². The maximum atomic E-state index is 8.79. The highest BCUT2D eigenvalue weighted by atomic mass is 16.3. The van der Waals surface area contributed by atoms with Crippen LogP contribution in [0.4, 0.5) is 0 Å². The first-order valence-corrected chi connectivity index (χ1v) is 6.80. The van der Waals surface area contributed by atoms with Gasteiger partial charge in [-0.2, -0.15) is 0 Å². The zero-order valence-electron chi connectivity index (χ0n) is 11.4. The molecule has 4 nitrogen and oxygen atoms in total. The van der Waals surface area contributed by atoms with Crippen molar-refractivity contribution in [2.24, 2.45) is 5.73 Å². The predicted molar refractivity (Wildman–Crippen MR) is 77.1 cm³/mol. The summed E-state index contributed by atoms with van der Waals surface area (Å²) in [7, 11) is 0. The molecular formula is C15H22N2O2. The van der Waals surface area contributed by atoms with Gasteiger partial charge >= 0.3 is 0 Å². The number of hydrogen-bond acceptors (Lipinski definition) is 4. The van der Waals surface area contributed by atoms with E-state index >= 15 is 0 Å². The van der Waals surface area contributed by atoms with Crippen molar-refractivity contribution in [3.05, 3.63) is 35.6 Å². The van der Waals surface area contributed by atoms with Gasteiger partial charge in [0, 0.05) is 30.1 Å². The second kappa shape index (κ2) is 6.70. The Kier molecular flexibility index (Phi) is 4.96. The number of fused-ring (bicyclic) bond motifs is 1. The molecule has 104 valence electrons. The number of furan rings is 1. The summed E-state index contributed by atoms with van der Waals surface area (Å²) < 4.78 is 5.77. The highest BCUT2D eigenvalue weighted by molar-refractivity contribution is 5.82. The summed E-state index contributed by atoms with van der Waals surface area (Å²) in [6.45, 7) is 3.60. The third kappa shape index (κ3) is 3.15. The van der Waals surface area contributed by atoms with Gasteiger partial charge in [-0.05, 0) is 32.4 Å². The molecule has 0 bridgehead atoms. The fraction of sp³-hybridized carbons (Fsp3) is 0.467. The summed E-state index contributed by atoms with van der Waals surface area (Å²) >= 11 is 0. The number of aliphatic hydroxyl groups excluding tert-OH is 1. The number of rotatable bonds is 7. The van der Waals surface area contributed by atoms with Crippen molar-refractivity contribution in [2.75, 3.05) is 19.7 Å². The fourth-order valence-electron chi connectivity index (χ4n) is 2.44. The summed E-state index contributed by atoms with van der Waals surface area (Å²) in [5.41, 5.74) is 7.95. The van der Waals surface area contributed by atoms with Crippen LogP contribution in [-0.4, -0.2) is 24.8 Å². The van der Waals surface area contributed by atoms with E-state index < -0.39 is 0 Å². The quantitative estimate of drug-likeness (QED) is 0.668. The lowest BCUT2D eigenvalue weighted by Gasteiger charge is -2.16. The van der Waals surface area contributed by atoms with E-state index in [0.29, 0.717) is 6.54 Å². The summed E-state index contributed by atoms with van der Waals surface area (Å²) in [5.74, 6) is 0.923. The molecule has 1 heterocycles. The lowest BCUT2D eigenvalue weighted by molar-refractivity contribution is 0.282. The van der Waals surface area contributed by atoms with Gasteiger partial charge in [-0.15, -0.1) is 0 Å². The van der Waals surface area contributed by atoms with E-state index in [4.69, 9.17) is 15.3 Å². The Balaban J connectivity index is 2.18. The molecule has 4 N–H and O–H groups in total. The van der Waals surface area contributed by atoms with E-state index in [2.05, 4.69) is 11.4 Å². The first-order chi connectivity index (χ1) is 9.27. The Labute approximate surface area is 113 Å². The van der Waals surface area contributed by atoms with Crippen LogP contribution in [0.1, 0.15) is 30.2 Å². The minimum Gasteiger partial charge on any atom is -0.461 e. The zero-order chi connectivity index (χ0) is 13.7. The lowest BCUT2D eigenvalue weighted by atomic mass is 10.0. The Morgan fingerprint density at radius 3 is 2.84 bits per heavy atom. The maximum absolute atomic E-state index is 8.79. The molecule has 0 saturated carbocycles. The predicted octanol–water partition coefficient (Wildman–Crippen LogP) is 2.10. The van der Waals surface area contributed by atoms with Crippen molar-refractivity contribution < 1.29 is 9.52 Å². The van der Waals surface area contributed by atoms with E-state index in [1.807, 2.05) is 25.1 Å². The SMILES string of the molecule is Cc1oc2ccccc2c1C(CN)NCCCCO. The van der Waals surface area contributed by atoms with Crippen molar-refractivity contribution in [3.63, 3.8) is 0 Å². The second-order valence-corrected chi connectivity index (χ2v) is 4.74. The van der Waals surface area contributed by atoms with Crippen LogP contribution in [-0.2, 0) is 0 Å². The maximum Gasteiger partial charge on any atom is 0.134 e. The number of para-hydroxylation sites is 1. The molecule has 1 unspecified atom stereocenters. The Morgan fingerprint density at radius 2 is 2.11 bits per heavy atom. The molecular weight excluding hydrogens is 240 g/mol. The average Bonchev–Trinajstić information content (AvgIpc) is 2.75. The number of nitrogens with one attached hydrogen (secondary N) is 1. The second-order valence-electron chi connectivity index (χ2n) is 4.74. The van der Waals surface area contributed by atoms with Gasteiger partial charge in [-0.25, -0.2) is 0 Å². The van der Waals surface area contributed by atoms with Crippen molar-refractivity contribution in [1.29, 1.82) is 0 Å². The van der Waals surface area contributed by atoms with E-state index in [9.17, 15) is 0 Å². The van der Waals surface area contributed by atoms with Crippen LogP contribution in [0.3, 0.4) is 0 Å². The average molecular weight is 262 g/mol. The third-order valence-corrected chi connectivity index (χ3v) is 3.38. The van der Waals surface area contributed by atoms with Crippen LogP contribution in [0.5, 0.6) is 0 Å². The van der Waals surface area contributed by atoms with E-state index in [1.54, 1.807) is 0 Å². The van der Waals surface area contributed by atoms with Crippen LogP contribution >= 0.6 is 0 Å². The summed E-state index contributed by atoms with van der Waals surface area (Å²) in [4.78, 5) is 0. The highest BCUT2D eigenvalue weighted by Crippen LogP contribution is 2.29. The minimum atomic E-state index is 0.0994. The molecule has 0 fully saturated rings. The first-order valence-electron chi connectivity index (χ1n) is 6.80. The molecule has 0 aliphatic carbocycles. The molecule has 0 aliphatic heterocycles. The van der Waals surface area contributed by atoms with Crippen LogP contribution in [0.25, 0.3) is 11.0 Å². The van der Waals surface area contributed by atoms with Gasteiger partial charge in [0.25, 0.3) is 0 Å². The molecule has 4 heteroatoms. The van der Waals surface area contributed by atoms with Crippen molar-refractivity contribution in [3.8, 4) is 0 Å². The Morgan fingerprint density at radius 1 is 1.32 bits per heavy atom. The molecule has 1 atom stereocenters. The first kappa shape index (κ1) is 14.1. The standard InChI is InChI=1S/C15H22N2O2/c1-11-15(12-6-2-3-7-14(12)19-11)13(10-16)17-8-4-5-9-18/h2-3,6-7,13,17-18H,4-5,8-10,16H2,1H3. The summed E-state index contributed by atoms with van der Waals surface area (Å²) in [6, 6.07) is 8.13. The molecule has 0 spiro atoms. The summed E-state index contributed by atoms with van der Waals surface area (Å²) in [5, 5.41) is 13.4. The van der Waals surface area contributed by atoms with Crippen LogP contribution in [0, 0.1) is 6.92 Å². The molecule has 2 rings (SSSR count). The van der Waals surface area contributed by atoms with E-state index in [-0.39, 0.29) is 12.6 Å². The largest absolute Gasteiger partial charge is 0.461 e. The topological polar surface area (TPSA) is 71.4 Å². The molecule has 0 saturated heterocycles. The van der Waals surface area contributed by atoms with Crippen LogP contribution in [0.15, 0.2) is 28.7 Å². The van der Waals surface area contributed by atoms with Gasteiger partial charge in [-0.1, -0.05) is 18.2 Å². The lowest BCUT2D eigenvalue weighted by Crippen LogP contribution is -2.29. The molecule has 19 heavy (non-hydrogen) atoms. The van der Waals surface area contributed by atoms with E-state index in [1.165, 1.54) is 0 Å². The molecule has 0 aliphatic rings. The molecule has 1 aromatic carbocycles. The summed E-state index contributed by atoms with van der Waals surface area (Å²) in [6.07, 6.45) is 1.76. The van der Waals surface area contributed by atoms with Crippen molar-refractivity contribution >= 4 is 11.0 Å². The normalized spacial score (nSPS) is 13.0. The third-order valence-electron chi connectivity index (χ3n) is 3.38. The zero-order valence-corrected chi connectivity index (χ0v) is 11.4. The number of aryl methyl sites for hydroxylation is 1. The number of hydrogen-bond donors (Lipinski definition) is 3. The van der Waals surface area contributed by atoms with Crippen LogP contribution in [0.2, 0.25) is 0 Å². The van der Waals surface area contributed by atoms with Crippen molar-refractivity contribution in [1.82, 2.24) is 5.32 Å². The van der Waals surface area contributed by atoms with Gasteiger partial charge in [0.05, 0.1) is 0 Å². The minimum absolute atomic E-state index is 0.0994. The molecule has 2 aromatic rings. The smallest absolute Gasteiger partial charge is 0.134 e. The number of unbranched alkanes of at least 4 members (excludes halogenated alkanes) is 1. The van der Waals surface area contributed by atoms with Gasteiger partial charge < -0.3 is 20.6 Å². The van der Waals surface area contributed by atoms with Gasteiger partial charge in [-0.3, -0.25) is 0 Å².